The average Bonchev–Trinajstić information content (AvgIpc) is 3.18. The van der Waals surface area contributed by atoms with Gasteiger partial charge in [0.15, 0.2) is 6.10 Å². The van der Waals surface area contributed by atoms with Crippen molar-refractivity contribution in [2.75, 3.05) is 10.6 Å². The Morgan fingerprint density at radius 1 is 1.19 bits per heavy atom. The van der Waals surface area contributed by atoms with E-state index in [9.17, 15) is 9.59 Å². The van der Waals surface area contributed by atoms with Gasteiger partial charge in [0, 0.05) is 16.8 Å². The monoisotopic (exact) mass is 350 g/mol. The van der Waals surface area contributed by atoms with E-state index < -0.39 is 6.10 Å². The minimum Gasteiger partial charge on any atom is -0.479 e. The number of ether oxygens (including phenoxy) is 1. The Morgan fingerprint density at radius 3 is 2.73 bits per heavy atom. The summed E-state index contributed by atoms with van der Waals surface area (Å²) in [5, 5.41) is 13.0. The maximum absolute atomic E-state index is 12.4. The van der Waals surface area contributed by atoms with Crippen LogP contribution in [0, 0.1) is 0 Å². The van der Waals surface area contributed by atoms with Crippen LogP contribution in [0.4, 0.5) is 11.4 Å². The summed E-state index contributed by atoms with van der Waals surface area (Å²) in [6.45, 7) is 1.67. The van der Waals surface area contributed by atoms with E-state index in [1.54, 1.807) is 49.4 Å². The molecule has 1 atom stereocenters. The van der Waals surface area contributed by atoms with Gasteiger partial charge in [-0.1, -0.05) is 0 Å². The summed E-state index contributed by atoms with van der Waals surface area (Å²) in [4.78, 5) is 24.1. The summed E-state index contributed by atoms with van der Waals surface area (Å²) in [5.74, 6) is 0.451. The number of anilines is 2. The van der Waals surface area contributed by atoms with Crippen LogP contribution in [0.3, 0.4) is 0 Å². The van der Waals surface area contributed by atoms with E-state index in [1.165, 1.54) is 6.39 Å². The third kappa shape index (κ3) is 3.00. The minimum atomic E-state index is -0.541. The van der Waals surface area contributed by atoms with Gasteiger partial charge < -0.3 is 19.8 Å². The molecule has 2 amide bonds. The number of carbonyl (C=O) groups is 2. The van der Waals surface area contributed by atoms with Crippen molar-refractivity contribution >= 4 is 23.2 Å². The number of rotatable bonds is 3. The van der Waals surface area contributed by atoms with Crippen LogP contribution in [0.2, 0.25) is 0 Å². The van der Waals surface area contributed by atoms with E-state index in [0.29, 0.717) is 28.6 Å². The Morgan fingerprint density at radius 2 is 2.00 bits per heavy atom. The first-order chi connectivity index (χ1) is 12.6. The van der Waals surface area contributed by atoms with Crippen molar-refractivity contribution in [3.63, 3.8) is 0 Å². The van der Waals surface area contributed by atoms with Crippen LogP contribution >= 0.6 is 0 Å². The SMILES string of the molecule is C[C@H]1Oc2ccc(NC(=O)c3ccc(-c4nnco4)cc3)cc2NC1=O. The molecular weight excluding hydrogens is 336 g/mol. The van der Waals surface area contributed by atoms with Crippen LogP contribution in [-0.2, 0) is 4.79 Å². The number of nitrogens with one attached hydrogen (secondary N) is 2. The third-order valence-corrected chi connectivity index (χ3v) is 3.92. The van der Waals surface area contributed by atoms with Crippen LogP contribution in [0.15, 0.2) is 53.3 Å². The van der Waals surface area contributed by atoms with Crippen LogP contribution in [0.25, 0.3) is 11.5 Å². The molecule has 26 heavy (non-hydrogen) atoms. The van der Waals surface area contributed by atoms with E-state index in [1.807, 2.05) is 0 Å². The molecule has 8 nitrogen and oxygen atoms in total. The molecule has 0 aliphatic carbocycles. The Hall–Kier alpha value is -3.68. The zero-order chi connectivity index (χ0) is 18.1. The Bertz CT molecular complexity index is 967. The van der Waals surface area contributed by atoms with E-state index >= 15 is 0 Å². The molecule has 0 spiro atoms. The molecule has 1 aliphatic rings. The van der Waals surface area contributed by atoms with E-state index in [2.05, 4.69) is 20.8 Å². The molecule has 0 radical (unpaired) electrons. The van der Waals surface area contributed by atoms with Gasteiger partial charge in [-0.25, -0.2) is 0 Å². The lowest BCUT2D eigenvalue weighted by molar-refractivity contribution is -0.122. The Balaban J connectivity index is 1.50. The van der Waals surface area contributed by atoms with Gasteiger partial charge in [-0.15, -0.1) is 10.2 Å². The molecule has 4 rings (SSSR count). The van der Waals surface area contributed by atoms with Crippen molar-refractivity contribution in [1.82, 2.24) is 10.2 Å². The molecule has 2 N–H and O–H groups in total. The van der Waals surface area contributed by atoms with Gasteiger partial charge in [0.1, 0.15) is 5.75 Å². The van der Waals surface area contributed by atoms with E-state index in [4.69, 9.17) is 9.15 Å². The fraction of sp³-hybridized carbons (Fsp3) is 0.111. The first-order valence-electron chi connectivity index (χ1n) is 7.90. The van der Waals surface area contributed by atoms with Crippen molar-refractivity contribution in [2.45, 2.75) is 13.0 Å². The predicted octanol–water partition coefficient (Wildman–Crippen LogP) is 2.71. The average molecular weight is 350 g/mol. The molecule has 2 aromatic carbocycles. The van der Waals surface area contributed by atoms with Gasteiger partial charge in [-0.3, -0.25) is 9.59 Å². The second-order valence-electron chi connectivity index (χ2n) is 5.74. The molecule has 0 unspecified atom stereocenters. The third-order valence-electron chi connectivity index (χ3n) is 3.92. The van der Waals surface area contributed by atoms with Crippen molar-refractivity contribution in [3.8, 4) is 17.2 Å². The standard InChI is InChI=1S/C18H14N4O4/c1-10-16(23)21-14-8-13(6-7-15(14)26-10)20-17(24)11-2-4-12(5-3-11)18-22-19-9-25-18/h2-10H,1H3,(H,20,24)(H,21,23)/t10-/m1/s1. The normalized spacial score (nSPS) is 15.6. The lowest BCUT2D eigenvalue weighted by atomic mass is 10.1. The topological polar surface area (TPSA) is 106 Å². The van der Waals surface area contributed by atoms with Crippen molar-refractivity contribution in [2.24, 2.45) is 0 Å². The van der Waals surface area contributed by atoms with Gasteiger partial charge in [0.25, 0.3) is 11.8 Å². The zero-order valence-corrected chi connectivity index (χ0v) is 13.7. The fourth-order valence-electron chi connectivity index (χ4n) is 2.55. The van der Waals surface area contributed by atoms with Crippen LogP contribution in [0.1, 0.15) is 17.3 Å². The highest BCUT2D eigenvalue weighted by atomic mass is 16.5. The first kappa shape index (κ1) is 15.8. The maximum Gasteiger partial charge on any atom is 0.265 e. The van der Waals surface area contributed by atoms with Gasteiger partial charge in [0.2, 0.25) is 12.3 Å². The summed E-state index contributed by atoms with van der Waals surface area (Å²) in [7, 11) is 0. The van der Waals surface area contributed by atoms with Crippen molar-refractivity contribution < 1.29 is 18.7 Å². The molecule has 2 heterocycles. The number of aromatic nitrogens is 2. The first-order valence-corrected chi connectivity index (χ1v) is 7.90. The maximum atomic E-state index is 12.4. The summed E-state index contributed by atoms with van der Waals surface area (Å²) >= 11 is 0. The van der Waals surface area contributed by atoms with E-state index in [0.717, 1.165) is 5.56 Å². The smallest absolute Gasteiger partial charge is 0.265 e. The quantitative estimate of drug-likeness (QED) is 0.752. The van der Waals surface area contributed by atoms with Gasteiger partial charge in [-0.2, -0.15) is 0 Å². The minimum absolute atomic E-state index is 0.224. The summed E-state index contributed by atoms with van der Waals surface area (Å²) in [6, 6.07) is 11.9. The summed E-state index contributed by atoms with van der Waals surface area (Å²) in [5.41, 5.74) is 2.27. The molecule has 3 aromatic rings. The zero-order valence-electron chi connectivity index (χ0n) is 13.7. The van der Waals surface area contributed by atoms with Crippen molar-refractivity contribution in [1.29, 1.82) is 0 Å². The van der Waals surface area contributed by atoms with Crippen LogP contribution in [0.5, 0.6) is 5.75 Å². The second kappa shape index (κ2) is 6.32. The lowest BCUT2D eigenvalue weighted by Gasteiger charge is -2.23. The molecule has 1 aromatic heterocycles. The molecule has 130 valence electrons. The molecule has 0 fully saturated rings. The molecule has 0 saturated heterocycles. The van der Waals surface area contributed by atoms with Crippen LogP contribution in [-0.4, -0.2) is 28.1 Å². The molecule has 0 saturated carbocycles. The molecule has 0 bridgehead atoms. The van der Waals surface area contributed by atoms with Gasteiger partial charge >= 0.3 is 0 Å². The highest BCUT2D eigenvalue weighted by Gasteiger charge is 2.23. The Labute approximate surface area is 148 Å². The number of carbonyl (C=O) groups excluding carboxylic acids is 2. The van der Waals surface area contributed by atoms with E-state index in [-0.39, 0.29) is 11.8 Å². The Kier molecular flexibility index (Phi) is 3.85. The number of hydrogen-bond donors (Lipinski definition) is 2. The van der Waals surface area contributed by atoms with Gasteiger partial charge in [0.05, 0.1) is 5.69 Å². The number of hydrogen-bond acceptors (Lipinski definition) is 6. The number of fused-ring (bicyclic) bond motifs is 1. The summed E-state index contributed by atoms with van der Waals surface area (Å²) in [6.07, 6.45) is 0.704. The highest BCUT2D eigenvalue weighted by molar-refractivity contribution is 6.05. The second-order valence-corrected chi connectivity index (χ2v) is 5.74. The number of benzene rings is 2. The van der Waals surface area contributed by atoms with Gasteiger partial charge in [-0.05, 0) is 49.4 Å². The molecule has 1 aliphatic heterocycles. The lowest BCUT2D eigenvalue weighted by Crippen LogP contribution is -2.34. The number of nitrogens with zero attached hydrogens (tertiary/aromatic N) is 2. The highest BCUT2D eigenvalue weighted by Crippen LogP contribution is 2.32. The van der Waals surface area contributed by atoms with Crippen LogP contribution < -0.4 is 15.4 Å². The molecular formula is C18H14N4O4. The molecule has 8 heteroatoms. The number of amides is 2. The van der Waals surface area contributed by atoms with Crippen molar-refractivity contribution in [3.05, 3.63) is 54.4 Å². The fourth-order valence-corrected chi connectivity index (χ4v) is 2.55. The predicted molar refractivity (Wildman–Crippen MR) is 92.8 cm³/mol. The summed E-state index contributed by atoms with van der Waals surface area (Å²) < 4.78 is 10.6. The largest absolute Gasteiger partial charge is 0.479 e.